The van der Waals surface area contributed by atoms with E-state index in [0.29, 0.717) is 18.2 Å². The Kier molecular flexibility index (Phi) is 4.65. The summed E-state index contributed by atoms with van der Waals surface area (Å²) in [6, 6.07) is 17.8. The van der Waals surface area contributed by atoms with Gasteiger partial charge < -0.3 is 23.6 Å². The summed E-state index contributed by atoms with van der Waals surface area (Å²) in [5.41, 5.74) is 2.09. The number of furan rings is 2. The Morgan fingerprint density at radius 1 is 0.931 bits per heavy atom. The van der Waals surface area contributed by atoms with E-state index in [1.165, 1.54) is 0 Å². The quantitative estimate of drug-likeness (QED) is 0.484. The van der Waals surface area contributed by atoms with E-state index in [1.807, 2.05) is 48.7 Å². The summed E-state index contributed by atoms with van der Waals surface area (Å²) < 4.78 is 13.4. The van der Waals surface area contributed by atoms with Gasteiger partial charge in [0.05, 0.1) is 43.4 Å². The van der Waals surface area contributed by atoms with Crippen molar-refractivity contribution in [3.8, 4) is 0 Å². The molecule has 0 radical (unpaired) electrons. The van der Waals surface area contributed by atoms with Crippen LogP contribution in [0, 0.1) is 0 Å². The summed E-state index contributed by atoms with van der Waals surface area (Å²) in [4.78, 5) is 6.76. The van der Waals surface area contributed by atoms with Gasteiger partial charge in [-0.25, -0.2) is 0 Å². The van der Waals surface area contributed by atoms with Crippen LogP contribution in [0.15, 0.2) is 88.4 Å². The molecule has 1 aliphatic heterocycles. The highest BCUT2D eigenvalue weighted by Crippen LogP contribution is 2.39. The summed E-state index contributed by atoms with van der Waals surface area (Å²) in [6.07, 6.45) is 7.27. The second-order valence-corrected chi connectivity index (χ2v) is 7.36. The zero-order chi connectivity index (χ0) is 19.6. The van der Waals surface area contributed by atoms with Gasteiger partial charge in [-0.2, -0.15) is 0 Å². The molecule has 7 heteroatoms. The molecule has 0 saturated carbocycles. The number of thiocarbonyl (C=S) groups is 1. The van der Waals surface area contributed by atoms with Gasteiger partial charge in [-0.15, -0.1) is 0 Å². The van der Waals surface area contributed by atoms with Gasteiger partial charge in [0.15, 0.2) is 5.11 Å². The van der Waals surface area contributed by atoms with Gasteiger partial charge in [0.25, 0.3) is 0 Å². The van der Waals surface area contributed by atoms with Crippen LogP contribution in [-0.2, 0) is 13.1 Å². The van der Waals surface area contributed by atoms with Crippen molar-refractivity contribution in [1.29, 1.82) is 0 Å². The Morgan fingerprint density at radius 2 is 1.72 bits per heavy atom. The van der Waals surface area contributed by atoms with Crippen LogP contribution in [0.1, 0.15) is 35.0 Å². The average molecular weight is 404 g/mol. The highest BCUT2D eigenvalue weighted by molar-refractivity contribution is 7.80. The van der Waals surface area contributed by atoms with Crippen molar-refractivity contribution in [1.82, 2.24) is 19.8 Å². The van der Waals surface area contributed by atoms with Gasteiger partial charge in [0.1, 0.15) is 11.5 Å². The Morgan fingerprint density at radius 3 is 2.41 bits per heavy atom. The third-order valence-electron chi connectivity index (χ3n) is 5.18. The molecule has 1 saturated heterocycles. The number of nitrogens with zero attached hydrogens (tertiary/aromatic N) is 3. The predicted octanol–water partition coefficient (Wildman–Crippen LogP) is 4.29. The first-order valence-electron chi connectivity index (χ1n) is 9.47. The predicted molar refractivity (Wildman–Crippen MR) is 112 cm³/mol. The van der Waals surface area contributed by atoms with Crippen molar-refractivity contribution in [2.24, 2.45) is 0 Å². The average Bonchev–Trinajstić information content (AvgIpc) is 3.53. The molecule has 0 aromatic carbocycles. The van der Waals surface area contributed by atoms with Crippen LogP contribution < -0.4 is 5.32 Å². The Hall–Kier alpha value is -3.32. The molecule has 1 fully saturated rings. The minimum absolute atomic E-state index is 0.0348. The largest absolute Gasteiger partial charge is 0.467 e. The number of aromatic nitrogens is 2. The van der Waals surface area contributed by atoms with E-state index in [1.54, 1.807) is 12.5 Å². The molecule has 0 amide bonds. The van der Waals surface area contributed by atoms with Crippen molar-refractivity contribution in [2.75, 3.05) is 0 Å². The third-order valence-corrected chi connectivity index (χ3v) is 5.53. The first-order chi connectivity index (χ1) is 14.3. The number of rotatable bonds is 6. The fourth-order valence-electron chi connectivity index (χ4n) is 3.88. The molecule has 4 aromatic rings. The second kappa shape index (κ2) is 7.60. The van der Waals surface area contributed by atoms with Crippen molar-refractivity contribution >= 4 is 17.3 Å². The van der Waals surface area contributed by atoms with Gasteiger partial charge in [0.2, 0.25) is 0 Å². The van der Waals surface area contributed by atoms with Crippen molar-refractivity contribution < 1.29 is 8.83 Å². The van der Waals surface area contributed by atoms with Gasteiger partial charge in [-0.1, -0.05) is 6.07 Å². The molecule has 2 atom stereocenters. The number of hydrogen-bond acceptors (Lipinski definition) is 4. The molecule has 5 heterocycles. The maximum Gasteiger partial charge on any atom is 0.170 e. The number of hydrogen-bond donors (Lipinski definition) is 1. The molecule has 0 aliphatic carbocycles. The lowest BCUT2D eigenvalue weighted by Crippen LogP contribution is -2.30. The number of nitrogens with one attached hydrogen (secondary N) is 1. The minimum atomic E-state index is -0.0658. The summed E-state index contributed by atoms with van der Waals surface area (Å²) in [6.45, 7) is 1.24. The molecule has 0 spiro atoms. The van der Waals surface area contributed by atoms with Crippen molar-refractivity contribution in [3.05, 3.63) is 102 Å². The molecule has 29 heavy (non-hydrogen) atoms. The zero-order valence-electron chi connectivity index (χ0n) is 15.6. The fraction of sp³-hybridized carbons (Fsp3) is 0.182. The summed E-state index contributed by atoms with van der Waals surface area (Å²) in [7, 11) is 0. The molecule has 1 aliphatic rings. The SMILES string of the molecule is S=C1NC(c2ccccn2)C(c2cccn2Cc2ccco2)N1Cc1ccco1. The second-order valence-electron chi connectivity index (χ2n) is 6.97. The van der Waals surface area contributed by atoms with E-state index in [9.17, 15) is 0 Å². The summed E-state index contributed by atoms with van der Waals surface area (Å²) in [5.74, 6) is 1.77. The molecular formula is C22H20N4O2S. The van der Waals surface area contributed by atoms with E-state index in [-0.39, 0.29) is 12.1 Å². The van der Waals surface area contributed by atoms with Gasteiger partial charge in [-0.05, 0) is 60.7 Å². The van der Waals surface area contributed by atoms with E-state index >= 15 is 0 Å². The summed E-state index contributed by atoms with van der Waals surface area (Å²) >= 11 is 5.72. The van der Waals surface area contributed by atoms with E-state index in [4.69, 9.17) is 21.1 Å². The molecule has 1 N–H and O–H groups in total. The monoisotopic (exact) mass is 404 g/mol. The fourth-order valence-corrected chi connectivity index (χ4v) is 4.18. The van der Waals surface area contributed by atoms with E-state index in [0.717, 1.165) is 22.9 Å². The van der Waals surface area contributed by atoms with Crippen LogP contribution in [0.25, 0.3) is 0 Å². The highest BCUT2D eigenvalue weighted by atomic mass is 32.1. The molecule has 5 rings (SSSR count). The zero-order valence-corrected chi connectivity index (χ0v) is 16.5. The van der Waals surface area contributed by atoms with Crippen LogP contribution in [0.3, 0.4) is 0 Å². The normalized spacial score (nSPS) is 18.9. The topological polar surface area (TPSA) is 59.4 Å². The number of pyridine rings is 1. The van der Waals surface area contributed by atoms with Crippen LogP contribution in [-0.4, -0.2) is 19.6 Å². The molecule has 0 bridgehead atoms. The first kappa shape index (κ1) is 17.8. The van der Waals surface area contributed by atoms with Gasteiger partial charge in [0, 0.05) is 18.1 Å². The van der Waals surface area contributed by atoms with E-state index in [2.05, 4.69) is 38.1 Å². The highest BCUT2D eigenvalue weighted by Gasteiger charge is 2.41. The van der Waals surface area contributed by atoms with Crippen molar-refractivity contribution in [2.45, 2.75) is 25.2 Å². The smallest absolute Gasteiger partial charge is 0.170 e. The lowest BCUT2D eigenvalue weighted by atomic mass is 10.0. The van der Waals surface area contributed by atoms with Crippen LogP contribution in [0.4, 0.5) is 0 Å². The lowest BCUT2D eigenvalue weighted by molar-refractivity contribution is 0.276. The third kappa shape index (κ3) is 3.45. The minimum Gasteiger partial charge on any atom is -0.467 e. The summed E-state index contributed by atoms with van der Waals surface area (Å²) in [5, 5.41) is 4.16. The van der Waals surface area contributed by atoms with Crippen LogP contribution in [0.5, 0.6) is 0 Å². The standard InChI is InChI=1S/C22H20N4O2S/c29-22-24-20(18-8-1-2-10-23-18)21(26(22)15-17-7-5-13-28-17)19-9-3-11-25(19)14-16-6-4-12-27-16/h1-13,20-21H,14-15H2,(H,24,29). The van der Waals surface area contributed by atoms with E-state index < -0.39 is 0 Å². The van der Waals surface area contributed by atoms with Crippen molar-refractivity contribution in [3.63, 3.8) is 0 Å². The molecule has 6 nitrogen and oxygen atoms in total. The van der Waals surface area contributed by atoms with Gasteiger partial charge in [-0.3, -0.25) is 4.98 Å². The molecule has 2 unspecified atom stereocenters. The maximum atomic E-state index is 5.72. The maximum absolute atomic E-state index is 5.72. The van der Waals surface area contributed by atoms with Crippen LogP contribution in [0.2, 0.25) is 0 Å². The molecule has 4 aromatic heterocycles. The Balaban J connectivity index is 1.55. The Bertz CT molecular complexity index is 1070. The van der Waals surface area contributed by atoms with Crippen LogP contribution >= 0.6 is 12.2 Å². The van der Waals surface area contributed by atoms with Gasteiger partial charge >= 0.3 is 0 Å². The Labute approximate surface area is 173 Å². The molecule has 146 valence electrons. The first-order valence-corrected chi connectivity index (χ1v) is 9.88. The molecular weight excluding hydrogens is 384 g/mol. The lowest BCUT2D eigenvalue weighted by Gasteiger charge is -2.28.